The van der Waals surface area contributed by atoms with E-state index in [0.717, 1.165) is 71.2 Å². The summed E-state index contributed by atoms with van der Waals surface area (Å²) >= 11 is 0. The molecule has 1 aliphatic carbocycles. The van der Waals surface area contributed by atoms with E-state index in [9.17, 15) is 0 Å². The smallest absolute Gasteiger partial charge is 0.229 e. The average molecular weight is 458 g/mol. The first kappa shape index (κ1) is 21.3. The van der Waals surface area contributed by atoms with Gasteiger partial charge in [0.2, 0.25) is 5.89 Å². The second-order valence-corrected chi connectivity index (χ2v) is 9.57. The van der Waals surface area contributed by atoms with Crippen molar-refractivity contribution in [3.05, 3.63) is 53.9 Å². The Morgan fingerprint density at radius 2 is 1.76 bits per heavy atom. The summed E-state index contributed by atoms with van der Waals surface area (Å²) in [5.41, 5.74) is 12.2. The van der Waals surface area contributed by atoms with Crippen LogP contribution in [0.4, 0.5) is 5.69 Å². The van der Waals surface area contributed by atoms with Crippen LogP contribution in [-0.4, -0.2) is 28.9 Å². The van der Waals surface area contributed by atoms with Gasteiger partial charge in [-0.1, -0.05) is 12.1 Å². The predicted molar refractivity (Wildman–Crippen MR) is 134 cm³/mol. The first-order chi connectivity index (χ1) is 16.6. The van der Waals surface area contributed by atoms with Crippen LogP contribution in [0.1, 0.15) is 49.6 Å². The Kier molecular flexibility index (Phi) is 5.33. The zero-order valence-electron chi connectivity index (χ0n) is 19.8. The Labute approximate surface area is 199 Å². The summed E-state index contributed by atoms with van der Waals surface area (Å²) in [5, 5.41) is 1.14. The van der Waals surface area contributed by atoms with E-state index in [1.807, 2.05) is 26.0 Å². The molecular weight excluding hydrogens is 426 g/mol. The molecule has 6 rings (SSSR count). The molecule has 6 heteroatoms. The van der Waals surface area contributed by atoms with Gasteiger partial charge in [0.1, 0.15) is 17.6 Å². The van der Waals surface area contributed by atoms with E-state index in [2.05, 4.69) is 34.9 Å². The van der Waals surface area contributed by atoms with Crippen molar-refractivity contribution in [2.24, 2.45) is 0 Å². The standard InChI is InChI=1S/C28H31N3O3/c1-17-18(2)33-28(30-17)26-24-11-10-23(34-22-12-14-32-15-13-22)16-25(24)31(21-4-3-5-21)27(26)19-6-8-20(29)9-7-19/h6-11,16,21-22H,3-5,12-15,29H2,1-2H3. The molecule has 6 nitrogen and oxygen atoms in total. The molecule has 1 saturated heterocycles. The van der Waals surface area contributed by atoms with E-state index < -0.39 is 0 Å². The molecule has 0 amide bonds. The van der Waals surface area contributed by atoms with Crippen molar-refractivity contribution in [1.29, 1.82) is 0 Å². The van der Waals surface area contributed by atoms with Gasteiger partial charge in [0.15, 0.2) is 0 Å². The van der Waals surface area contributed by atoms with E-state index in [-0.39, 0.29) is 6.10 Å². The second-order valence-electron chi connectivity index (χ2n) is 9.57. The van der Waals surface area contributed by atoms with Crippen LogP contribution in [0.2, 0.25) is 0 Å². The molecule has 0 atom stereocenters. The van der Waals surface area contributed by atoms with E-state index in [1.54, 1.807) is 0 Å². The maximum atomic E-state index is 6.40. The Morgan fingerprint density at radius 1 is 1.00 bits per heavy atom. The van der Waals surface area contributed by atoms with E-state index >= 15 is 0 Å². The van der Waals surface area contributed by atoms with Gasteiger partial charge >= 0.3 is 0 Å². The molecule has 2 fully saturated rings. The van der Waals surface area contributed by atoms with Crippen molar-refractivity contribution in [3.63, 3.8) is 0 Å². The zero-order valence-corrected chi connectivity index (χ0v) is 19.8. The van der Waals surface area contributed by atoms with Crippen LogP contribution in [-0.2, 0) is 4.74 Å². The van der Waals surface area contributed by atoms with Crippen molar-refractivity contribution in [2.75, 3.05) is 18.9 Å². The highest BCUT2D eigenvalue weighted by Gasteiger charge is 2.30. The summed E-state index contributed by atoms with van der Waals surface area (Å²) in [5.74, 6) is 2.43. The fraction of sp³-hybridized carbons (Fsp3) is 0.393. The fourth-order valence-electron chi connectivity index (χ4n) is 5.09. The van der Waals surface area contributed by atoms with Gasteiger partial charge in [0.25, 0.3) is 0 Å². The lowest BCUT2D eigenvalue weighted by molar-refractivity contribution is 0.0256. The predicted octanol–water partition coefficient (Wildman–Crippen LogP) is 6.45. The highest BCUT2D eigenvalue weighted by atomic mass is 16.5. The minimum atomic E-state index is 0.200. The summed E-state index contributed by atoms with van der Waals surface area (Å²) < 4.78 is 20.6. The van der Waals surface area contributed by atoms with Gasteiger partial charge in [-0.2, -0.15) is 0 Å². The minimum Gasteiger partial charge on any atom is -0.490 e. The number of hydrogen-bond acceptors (Lipinski definition) is 5. The SMILES string of the molecule is Cc1nc(-c2c(-c3ccc(N)cc3)n(C3CCC3)c3cc(OC4CCOCC4)ccc23)oc1C. The number of ether oxygens (including phenoxy) is 2. The lowest BCUT2D eigenvalue weighted by atomic mass is 9.92. The highest BCUT2D eigenvalue weighted by molar-refractivity contribution is 6.03. The summed E-state index contributed by atoms with van der Waals surface area (Å²) in [6, 6.07) is 15.0. The maximum Gasteiger partial charge on any atom is 0.229 e. The Bertz CT molecular complexity index is 1310. The molecule has 1 saturated carbocycles. The number of nitrogens with zero attached hydrogens (tertiary/aromatic N) is 2. The number of nitrogen functional groups attached to an aromatic ring is 1. The number of aryl methyl sites for hydroxylation is 2. The van der Waals surface area contributed by atoms with Crippen molar-refractivity contribution >= 4 is 16.6 Å². The molecule has 2 N–H and O–H groups in total. The normalized spacial score (nSPS) is 17.2. The summed E-state index contributed by atoms with van der Waals surface area (Å²) in [6.07, 6.45) is 5.64. The van der Waals surface area contributed by atoms with Crippen molar-refractivity contribution in [2.45, 2.75) is 58.1 Å². The molecule has 0 unspecified atom stereocenters. The van der Waals surface area contributed by atoms with Crippen LogP contribution in [0.3, 0.4) is 0 Å². The number of fused-ring (bicyclic) bond motifs is 1. The lowest BCUT2D eigenvalue weighted by Gasteiger charge is -2.30. The zero-order chi connectivity index (χ0) is 23.2. The maximum absolute atomic E-state index is 6.40. The third-order valence-electron chi connectivity index (χ3n) is 7.31. The van der Waals surface area contributed by atoms with Gasteiger partial charge in [-0.05, 0) is 62.9 Å². The number of hydrogen-bond donors (Lipinski definition) is 1. The Hall–Kier alpha value is -3.25. The van der Waals surface area contributed by atoms with Gasteiger partial charge in [-0.3, -0.25) is 0 Å². The molecule has 2 aromatic heterocycles. The molecular formula is C28H31N3O3. The number of rotatable bonds is 5. The first-order valence-corrected chi connectivity index (χ1v) is 12.3. The highest BCUT2D eigenvalue weighted by Crippen LogP contribution is 2.47. The van der Waals surface area contributed by atoms with Gasteiger partial charge in [-0.25, -0.2) is 4.98 Å². The quantitative estimate of drug-likeness (QED) is 0.349. The van der Waals surface area contributed by atoms with Crippen LogP contribution in [0, 0.1) is 13.8 Å². The Morgan fingerprint density at radius 3 is 2.41 bits per heavy atom. The average Bonchev–Trinajstić information content (AvgIpc) is 3.30. The summed E-state index contributed by atoms with van der Waals surface area (Å²) in [4.78, 5) is 4.82. The van der Waals surface area contributed by atoms with Crippen LogP contribution < -0.4 is 10.5 Å². The molecule has 0 radical (unpaired) electrons. The largest absolute Gasteiger partial charge is 0.490 e. The number of benzene rings is 2. The third-order valence-corrected chi connectivity index (χ3v) is 7.31. The molecule has 0 bridgehead atoms. The van der Waals surface area contributed by atoms with Crippen molar-refractivity contribution in [3.8, 4) is 28.5 Å². The molecule has 34 heavy (non-hydrogen) atoms. The summed E-state index contributed by atoms with van der Waals surface area (Å²) in [7, 11) is 0. The molecule has 176 valence electrons. The van der Waals surface area contributed by atoms with Crippen LogP contribution >= 0.6 is 0 Å². The number of aromatic nitrogens is 2. The second kappa shape index (κ2) is 8.51. The first-order valence-electron chi connectivity index (χ1n) is 12.3. The molecule has 3 heterocycles. The molecule has 2 aromatic carbocycles. The van der Waals surface area contributed by atoms with Crippen LogP contribution in [0.15, 0.2) is 46.9 Å². The van der Waals surface area contributed by atoms with Gasteiger partial charge < -0.3 is 24.2 Å². The van der Waals surface area contributed by atoms with Gasteiger partial charge in [0.05, 0.1) is 35.7 Å². The number of oxazole rings is 1. The van der Waals surface area contributed by atoms with Gasteiger partial charge in [0, 0.05) is 36.0 Å². The van der Waals surface area contributed by atoms with Crippen molar-refractivity contribution < 1.29 is 13.9 Å². The van der Waals surface area contributed by atoms with E-state index in [0.29, 0.717) is 11.9 Å². The van der Waals surface area contributed by atoms with Crippen LogP contribution in [0.25, 0.3) is 33.6 Å². The number of anilines is 1. The molecule has 2 aliphatic rings. The minimum absolute atomic E-state index is 0.200. The molecule has 4 aromatic rings. The molecule has 0 spiro atoms. The topological polar surface area (TPSA) is 75.4 Å². The molecule has 1 aliphatic heterocycles. The third kappa shape index (κ3) is 3.66. The number of nitrogens with two attached hydrogens (primary N) is 1. The lowest BCUT2D eigenvalue weighted by Crippen LogP contribution is -2.25. The van der Waals surface area contributed by atoms with E-state index in [1.165, 1.54) is 24.8 Å². The van der Waals surface area contributed by atoms with E-state index in [4.69, 9.17) is 24.6 Å². The Balaban J connectivity index is 1.58. The monoisotopic (exact) mass is 457 g/mol. The summed E-state index contributed by atoms with van der Waals surface area (Å²) in [6.45, 7) is 5.50. The van der Waals surface area contributed by atoms with Crippen molar-refractivity contribution in [1.82, 2.24) is 9.55 Å². The van der Waals surface area contributed by atoms with Gasteiger partial charge in [-0.15, -0.1) is 0 Å². The van der Waals surface area contributed by atoms with Crippen LogP contribution in [0.5, 0.6) is 5.75 Å². The fourth-order valence-corrected chi connectivity index (χ4v) is 5.09.